The van der Waals surface area contributed by atoms with Gasteiger partial charge in [0.1, 0.15) is 0 Å². The van der Waals surface area contributed by atoms with Crippen LogP contribution in [-0.2, 0) is 11.3 Å². The second kappa shape index (κ2) is 5.12. The van der Waals surface area contributed by atoms with Crippen molar-refractivity contribution in [3.05, 3.63) is 10.6 Å². The Morgan fingerprint density at radius 3 is 3.00 bits per heavy atom. The molecule has 0 bridgehead atoms. The molecule has 4 nitrogen and oxygen atoms in total. The number of rotatable bonds is 4. The van der Waals surface area contributed by atoms with E-state index >= 15 is 0 Å². The fraction of sp³-hybridized carbons (Fsp3) is 0.727. The highest BCUT2D eigenvalue weighted by molar-refractivity contribution is 7.15. The first-order chi connectivity index (χ1) is 7.70. The summed E-state index contributed by atoms with van der Waals surface area (Å²) in [5.74, 6) is 0. The first-order valence-corrected chi connectivity index (χ1v) is 6.51. The van der Waals surface area contributed by atoms with Crippen LogP contribution in [0.5, 0.6) is 0 Å². The van der Waals surface area contributed by atoms with Gasteiger partial charge in [-0.1, -0.05) is 0 Å². The van der Waals surface area contributed by atoms with Gasteiger partial charge in [-0.15, -0.1) is 11.3 Å². The van der Waals surface area contributed by atoms with Crippen molar-refractivity contribution in [1.29, 1.82) is 0 Å². The van der Waals surface area contributed by atoms with E-state index in [4.69, 9.17) is 10.5 Å². The number of hydrogen-bond donors (Lipinski definition) is 1. The van der Waals surface area contributed by atoms with Crippen LogP contribution >= 0.6 is 11.3 Å². The van der Waals surface area contributed by atoms with Crippen molar-refractivity contribution >= 4 is 16.5 Å². The third kappa shape index (κ3) is 2.53. The third-order valence-corrected chi connectivity index (χ3v) is 4.19. The molecule has 0 saturated carbocycles. The number of thiazole rings is 1. The van der Waals surface area contributed by atoms with Gasteiger partial charge in [-0.2, -0.15) is 0 Å². The van der Waals surface area contributed by atoms with Gasteiger partial charge in [-0.05, 0) is 19.8 Å². The van der Waals surface area contributed by atoms with Gasteiger partial charge in [0.05, 0.1) is 11.8 Å². The summed E-state index contributed by atoms with van der Waals surface area (Å²) in [6.45, 7) is 4.43. The lowest BCUT2D eigenvalue weighted by Gasteiger charge is -2.19. The molecular weight excluding hydrogens is 222 g/mol. The van der Waals surface area contributed by atoms with Crippen LogP contribution in [0, 0.1) is 6.92 Å². The first kappa shape index (κ1) is 11.8. The summed E-state index contributed by atoms with van der Waals surface area (Å²) in [5, 5.41) is 1.05. The second-order valence-corrected chi connectivity index (χ2v) is 5.29. The maximum atomic E-state index is 5.65. The molecule has 1 unspecified atom stereocenters. The molecule has 0 aromatic carbocycles. The molecule has 0 radical (unpaired) electrons. The number of anilines is 1. The van der Waals surface area contributed by atoms with Gasteiger partial charge in [0.25, 0.3) is 0 Å². The highest BCUT2D eigenvalue weighted by Crippen LogP contribution is 2.26. The molecule has 1 aromatic heterocycles. The Morgan fingerprint density at radius 1 is 1.62 bits per heavy atom. The molecule has 0 amide bonds. The summed E-state index contributed by atoms with van der Waals surface area (Å²) in [5.41, 5.74) is 6.71. The standard InChI is InChI=1S/C11H19N3OS/c1-8-10(6-12)16-11(13-8)14(2)7-9-4-3-5-15-9/h9H,3-7,12H2,1-2H3. The monoisotopic (exact) mass is 241 g/mol. The Labute approximate surface area is 100 Å². The summed E-state index contributed by atoms with van der Waals surface area (Å²) < 4.78 is 5.62. The predicted molar refractivity (Wildman–Crippen MR) is 67.0 cm³/mol. The van der Waals surface area contributed by atoms with Gasteiger partial charge in [0.2, 0.25) is 0 Å². The maximum absolute atomic E-state index is 5.65. The zero-order valence-electron chi connectivity index (χ0n) is 9.90. The molecule has 2 N–H and O–H groups in total. The fourth-order valence-corrected chi connectivity index (χ4v) is 2.85. The molecule has 1 aromatic rings. The average molecular weight is 241 g/mol. The van der Waals surface area contributed by atoms with Crippen LogP contribution in [-0.4, -0.2) is 31.3 Å². The van der Waals surface area contributed by atoms with Gasteiger partial charge in [-0.25, -0.2) is 4.98 Å². The normalized spacial score (nSPS) is 20.3. The van der Waals surface area contributed by atoms with Crippen molar-refractivity contribution in [2.45, 2.75) is 32.4 Å². The minimum Gasteiger partial charge on any atom is -0.376 e. The summed E-state index contributed by atoms with van der Waals surface area (Å²) >= 11 is 1.69. The van der Waals surface area contributed by atoms with Crippen LogP contribution in [0.4, 0.5) is 5.13 Å². The van der Waals surface area contributed by atoms with Crippen LogP contribution in [0.2, 0.25) is 0 Å². The van der Waals surface area contributed by atoms with E-state index in [1.165, 1.54) is 17.7 Å². The average Bonchev–Trinajstić information content (AvgIpc) is 2.87. The van der Waals surface area contributed by atoms with E-state index in [9.17, 15) is 0 Å². The number of aromatic nitrogens is 1. The van der Waals surface area contributed by atoms with Crippen LogP contribution in [0.3, 0.4) is 0 Å². The van der Waals surface area contributed by atoms with Crippen molar-refractivity contribution in [2.24, 2.45) is 5.73 Å². The van der Waals surface area contributed by atoms with Crippen molar-refractivity contribution < 1.29 is 4.74 Å². The van der Waals surface area contributed by atoms with Crippen LogP contribution in [0.15, 0.2) is 0 Å². The predicted octanol–water partition coefficient (Wildman–Crippen LogP) is 1.53. The van der Waals surface area contributed by atoms with Crippen LogP contribution in [0.1, 0.15) is 23.4 Å². The quantitative estimate of drug-likeness (QED) is 0.868. The molecule has 1 fully saturated rings. The number of ether oxygens (including phenoxy) is 1. The van der Waals surface area contributed by atoms with E-state index in [0.717, 1.165) is 24.0 Å². The molecule has 2 heterocycles. The van der Waals surface area contributed by atoms with E-state index < -0.39 is 0 Å². The van der Waals surface area contributed by atoms with E-state index in [2.05, 4.69) is 16.9 Å². The Bertz CT molecular complexity index is 347. The zero-order chi connectivity index (χ0) is 11.5. The highest BCUT2D eigenvalue weighted by atomic mass is 32.1. The molecule has 2 rings (SSSR count). The number of likely N-dealkylation sites (N-methyl/N-ethyl adjacent to an activating group) is 1. The molecule has 1 atom stereocenters. The first-order valence-electron chi connectivity index (χ1n) is 5.70. The second-order valence-electron chi connectivity index (χ2n) is 4.22. The fourth-order valence-electron chi connectivity index (χ4n) is 1.94. The molecule has 16 heavy (non-hydrogen) atoms. The van der Waals surface area contributed by atoms with E-state index in [1.807, 2.05) is 6.92 Å². The Hall–Kier alpha value is -0.650. The molecule has 1 aliphatic heterocycles. The zero-order valence-corrected chi connectivity index (χ0v) is 10.7. The summed E-state index contributed by atoms with van der Waals surface area (Å²) in [7, 11) is 2.07. The Morgan fingerprint density at radius 2 is 2.44 bits per heavy atom. The number of hydrogen-bond acceptors (Lipinski definition) is 5. The lowest BCUT2D eigenvalue weighted by molar-refractivity contribution is 0.116. The summed E-state index contributed by atoms with van der Waals surface area (Å²) in [6, 6.07) is 0. The Kier molecular flexibility index (Phi) is 3.78. The highest BCUT2D eigenvalue weighted by Gasteiger charge is 2.19. The summed E-state index contributed by atoms with van der Waals surface area (Å²) in [4.78, 5) is 7.88. The molecule has 0 aliphatic carbocycles. The summed E-state index contributed by atoms with van der Waals surface area (Å²) in [6.07, 6.45) is 2.72. The van der Waals surface area contributed by atoms with Crippen molar-refractivity contribution in [3.63, 3.8) is 0 Å². The lowest BCUT2D eigenvalue weighted by atomic mass is 10.2. The van der Waals surface area contributed by atoms with Crippen LogP contribution < -0.4 is 10.6 Å². The van der Waals surface area contributed by atoms with Crippen molar-refractivity contribution in [1.82, 2.24) is 4.98 Å². The smallest absolute Gasteiger partial charge is 0.185 e. The van der Waals surface area contributed by atoms with Gasteiger partial charge in [0, 0.05) is 31.6 Å². The number of nitrogens with zero attached hydrogens (tertiary/aromatic N) is 2. The molecular formula is C11H19N3OS. The van der Waals surface area contributed by atoms with E-state index in [-0.39, 0.29) is 0 Å². The van der Waals surface area contributed by atoms with Gasteiger partial charge >= 0.3 is 0 Å². The largest absolute Gasteiger partial charge is 0.376 e. The van der Waals surface area contributed by atoms with Crippen molar-refractivity contribution in [2.75, 3.05) is 25.1 Å². The van der Waals surface area contributed by atoms with E-state index in [1.54, 1.807) is 11.3 Å². The van der Waals surface area contributed by atoms with E-state index in [0.29, 0.717) is 12.6 Å². The van der Waals surface area contributed by atoms with Crippen LogP contribution in [0.25, 0.3) is 0 Å². The lowest BCUT2D eigenvalue weighted by Crippen LogP contribution is -2.28. The van der Waals surface area contributed by atoms with Gasteiger partial charge in [0.15, 0.2) is 5.13 Å². The molecule has 1 saturated heterocycles. The molecule has 1 aliphatic rings. The molecule has 5 heteroatoms. The number of aryl methyl sites for hydroxylation is 1. The number of nitrogens with two attached hydrogens (primary N) is 1. The SMILES string of the molecule is Cc1nc(N(C)CC2CCCO2)sc1CN. The Balaban J connectivity index is 1.99. The minimum atomic E-state index is 0.371. The maximum Gasteiger partial charge on any atom is 0.185 e. The van der Waals surface area contributed by atoms with Gasteiger partial charge in [-0.3, -0.25) is 0 Å². The topological polar surface area (TPSA) is 51.4 Å². The van der Waals surface area contributed by atoms with Gasteiger partial charge < -0.3 is 15.4 Å². The minimum absolute atomic E-state index is 0.371. The third-order valence-electron chi connectivity index (χ3n) is 2.89. The molecule has 0 spiro atoms. The molecule has 90 valence electrons. The van der Waals surface area contributed by atoms with Crippen molar-refractivity contribution in [3.8, 4) is 0 Å².